The molecular formula is C69H90N10O10. The van der Waals surface area contributed by atoms with E-state index < -0.39 is 17.6 Å². The van der Waals surface area contributed by atoms with Crippen LogP contribution in [-0.2, 0) is 72.8 Å². The number of anilines is 2. The number of nitrogens with zero attached hydrogens (tertiary/aromatic N) is 4. The number of rotatable bonds is 23. The first-order valence-electron chi connectivity index (χ1n) is 31.9. The fourth-order valence-corrected chi connectivity index (χ4v) is 12.1. The number of nitrogen functional groups attached to an aromatic ring is 1. The Morgan fingerprint density at radius 2 is 0.764 bits per heavy atom. The summed E-state index contributed by atoms with van der Waals surface area (Å²) in [5.74, 6) is -0.893. The topological polar surface area (TPSA) is 253 Å². The van der Waals surface area contributed by atoms with Crippen LogP contribution in [0.15, 0.2) is 133 Å². The van der Waals surface area contributed by atoms with Crippen molar-refractivity contribution in [2.24, 2.45) is 0 Å². The van der Waals surface area contributed by atoms with Gasteiger partial charge in [-0.15, -0.1) is 0 Å². The van der Waals surface area contributed by atoms with Gasteiger partial charge in [0.2, 0.25) is 11.8 Å². The van der Waals surface area contributed by atoms with Crippen LogP contribution >= 0.6 is 0 Å². The molecule has 2 aromatic heterocycles. The number of benzene rings is 4. The van der Waals surface area contributed by atoms with Gasteiger partial charge in [-0.2, -0.15) is 10.2 Å². The summed E-state index contributed by atoms with van der Waals surface area (Å²) < 4.78 is 33.1. The molecule has 0 saturated heterocycles. The lowest BCUT2D eigenvalue weighted by Crippen LogP contribution is -2.48. The van der Waals surface area contributed by atoms with E-state index in [0.717, 1.165) is 125 Å². The molecule has 5 amide bonds. The number of ether oxygens (including phenoxy) is 5. The van der Waals surface area contributed by atoms with Gasteiger partial charge in [0.25, 0.3) is 11.8 Å². The van der Waals surface area contributed by atoms with Crippen LogP contribution < -0.4 is 32.3 Å². The molecule has 8 atom stereocenters. The summed E-state index contributed by atoms with van der Waals surface area (Å²) in [6, 6.07) is 42.4. The number of hydrogen-bond donors (Lipinski definition) is 6. The van der Waals surface area contributed by atoms with Crippen LogP contribution in [0.25, 0.3) is 0 Å². The average molecular weight is 1220 g/mol. The maximum Gasteiger partial charge on any atom is 0.413 e. The van der Waals surface area contributed by atoms with Crippen LogP contribution in [-0.4, -0.2) is 103 Å². The van der Waals surface area contributed by atoms with Crippen molar-refractivity contribution < 1.29 is 47.7 Å². The predicted molar refractivity (Wildman–Crippen MR) is 339 cm³/mol. The van der Waals surface area contributed by atoms with Gasteiger partial charge in [-0.05, 0) is 94.4 Å². The SMILES string of the molecule is CC(C)(C)OC(=O)Nc1cc(C(=O)N[C@H]2CCCC[C@@H]2OCc2ccccc2)n(CC(=O)N[C@@H]2CCCC[C@H]2OCc2ccccc2)n1.Nc1cc(C(=O)N[C@H]2CCCC[C@@H]2OCc2ccccc2)n(CC(=O)N[C@@H]2CCCC[C@H]2OCc2ccccc2)n1. The number of carbonyl (C=O) groups excluding carboxylic acids is 5. The third-order valence-corrected chi connectivity index (χ3v) is 16.6. The maximum absolute atomic E-state index is 13.8. The monoisotopic (exact) mass is 1220 g/mol. The number of aromatic nitrogens is 4. The molecule has 0 radical (unpaired) electrons. The Kier molecular flexibility index (Phi) is 24.3. The van der Waals surface area contributed by atoms with Gasteiger partial charge in [0.15, 0.2) is 5.82 Å². The molecule has 0 spiro atoms. The van der Waals surface area contributed by atoms with Crippen molar-refractivity contribution in [1.82, 2.24) is 40.8 Å². The standard InChI is InChI=1S/C37H49N5O6.C32H41N5O4/c1-37(2,3)48-36(45)40-33-22-30(35(44)39-29-19-11-13-21-32(29)47-25-27-16-8-5-9-17-27)42(41-33)23-34(43)38-28-18-10-12-20-31(28)46-24-26-14-6-4-7-15-26;33-30-19-27(32(39)35-26-16-8-10-18-29(26)41-22-24-13-5-2-6-14-24)37(36-30)20-31(38)34-25-15-7-9-17-28(25)40-21-23-11-3-1-4-12-23/h4-9,14-17,22,28-29,31-32H,10-13,18-21,23-25H2,1-3H3,(H,38,43)(H,39,44)(H,40,41,45);1-6,11-14,19,25-26,28-29H,7-10,15-18,20-22H2,(H2,33,36)(H,34,38)(H,35,39)/t28-,29+,31-,32+;25-,26+,28-,29+/m11/s1. The van der Waals surface area contributed by atoms with Crippen molar-refractivity contribution in [3.8, 4) is 0 Å². The highest BCUT2D eigenvalue weighted by Gasteiger charge is 2.34. The molecule has 7 N–H and O–H groups in total. The molecule has 0 aliphatic heterocycles. The predicted octanol–water partition coefficient (Wildman–Crippen LogP) is 10.5. The minimum Gasteiger partial charge on any atom is -0.444 e. The van der Waals surface area contributed by atoms with E-state index in [1.807, 2.05) is 121 Å². The Hall–Kier alpha value is -7.91. The lowest BCUT2D eigenvalue weighted by Gasteiger charge is -2.32. The second-order valence-electron chi connectivity index (χ2n) is 24.8. The van der Waals surface area contributed by atoms with Crippen molar-refractivity contribution in [2.75, 3.05) is 11.1 Å². The smallest absolute Gasteiger partial charge is 0.413 e. The second-order valence-corrected chi connectivity index (χ2v) is 24.8. The van der Waals surface area contributed by atoms with Crippen LogP contribution in [0, 0.1) is 0 Å². The molecule has 89 heavy (non-hydrogen) atoms. The number of carbonyl (C=O) groups is 5. The fraction of sp³-hybridized carbons (Fsp3) is 0.493. The van der Waals surface area contributed by atoms with Gasteiger partial charge in [0.1, 0.15) is 35.9 Å². The molecule has 4 aliphatic rings. The summed E-state index contributed by atoms with van der Waals surface area (Å²) in [6.07, 6.45) is 13.8. The first kappa shape index (κ1) is 65.5. The molecule has 0 unspecified atom stereocenters. The average Bonchev–Trinajstić information content (AvgIpc) is 3.10. The third kappa shape index (κ3) is 20.8. The Morgan fingerprint density at radius 1 is 0.449 bits per heavy atom. The molecule has 20 heteroatoms. The van der Waals surface area contributed by atoms with Crippen molar-refractivity contribution in [1.29, 1.82) is 0 Å². The number of nitrogens with one attached hydrogen (secondary N) is 5. The molecule has 4 aromatic carbocycles. The van der Waals surface area contributed by atoms with Gasteiger partial charge < -0.3 is 50.7 Å². The quantitative estimate of drug-likeness (QED) is 0.0350. The highest BCUT2D eigenvalue weighted by atomic mass is 16.6. The third-order valence-electron chi connectivity index (χ3n) is 16.6. The van der Waals surface area contributed by atoms with Crippen LogP contribution in [0.3, 0.4) is 0 Å². The molecule has 2 heterocycles. The zero-order valence-electron chi connectivity index (χ0n) is 51.8. The number of nitrogens with two attached hydrogens (primary N) is 1. The summed E-state index contributed by atoms with van der Waals surface area (Å²) in [5, 5.41) is 23.8. The molecule has 4 saturated carbocycles. The van der Waals surface area contributed by atoms with E-state index in [9.17, 15) is 24.0 Å². The van der Waals surface area contributed by atoms with Gasteiger partial charge in [-0.25, -0.2) is 14.2 Å². The minimum absolute atomic E-state index is 0.0579. The Morgan fingerprint density at radius 3 is 1.11 bits per heavy atom. The Balaban J connectivity index is 0.000000214. The molecule has 10 rings (SSSR count). The van der Waals surface area contributed by atoms with Gasteiger partial charge in [0, 0.05) is 12.1 Å². The zero-order valence-corrected chi connectivity index (χ0v) is 51.8. The Labute approximate surface area is 523 Å². The molecule has 6 aromatic rings. The summed E-state index contributed by atoms with van der Waals surface area (Å²) in [4.78, 5) is 66.3. The van der Waals surface area contributed by atoms with E-state index in [1.54, 1.807) is 20.8 Å². The molecule has 4 fully saturated rings. The van der Waals surface area contributed by atoms with Gasteiger partial charge >= 0.3 is 6.09 Å². The van der Waals surface area contributed by atoms with E-state index in [4.69, 9.17) is 29.4 Å². The molecule has 4 aliphatic carbocycles. The van der Waals surface area contributed by atoms with E-state index in [-0.39, 0.29) is 102 Å². The van der Waals surface area contributed by atoms with Gasteiger partial charge in [0.05, 0.1) is 75.0 Å². The molecular weight excluding hydrogens is 1130 g/mol. The molecule has 0 bridgehead atoms. The van der Waals surface area contributed by atoms with Gasteiger partial charge in [-0.1, -0.05) is 173 Å². The highest BCUT2D eigenvalue weighted by molar-refractivity contribution is 5.95. The van der Waals surface area contributed by atoms with Crippen molar-refractivity contribution in [3.05, 3.63) is 167 Å². The molecule has 476 valence electrons. The maximum atomic E-state index is 13.8. The second kappa shape index (κ2) is 33.1. The normalized spacial score (nSPS) is 21.9. The number of hydrogen-bond acceptors (Lipinski definition) is 13. The summed E-state index contributed by atoms with van der Waals surface area (Å²) >= 11 is 0. The van der Waals surface area contributed by atoms with Crippen molar-refractivity contribution in [2.45, 2.75) is 217 Å². The summed E-state index contributed by atoms with van der Waals surface area (Å²) in [7, 11) is 0. The van der Waals surface area contributed by atoms with E-state index >= 15 is 0 Å². The van der Waals surface area contributed by atoms with Crippen LogP contribution in [0.2, 0.25) is 0 Å². The van der Waals surface area contributed by atoms with E-state index in [2.05, 4.69) is 36.8 Å². The minimum atomic E-state index is -0.721. The fourth-order valence-electron chi connectivity index (χ4n) is 12.1. The van der Waals surface area contributed by atoms with E-state index in [0.29, 0.717) is 26.4 Å². The van der Waals surface area contributed by atoms with Gasteiger partial charge in [-0.3, -0.25) is 24.5 Å². The lowest BCUT2D eigenvalue weighted by molar-refractivity contribution is -0.125. The lowest BCUT2D eigenvalue weighted by atomic mass is 9.92. The summed E-state index contributed by atoms with van der Waals surface area (Å²) in [5.41, 5.74) is 10.0. The van der Waals surface area contributed by atoms with Crippen LogP contribution in [0.4, 0.5) is 16.4 Å². The first-order chi connectivity index (χ1) is 43.2. The zero-order chi connectivity index (χ0) is 62.4. The van der Waals surface area contributed by atoms with E-state index in [1.165, 1.54) is 21.5 Å². The van der Waals surface area contributed by atoms with Crippen molar-refractivity contribution >= 4 is 41.4 Å². The van der Waals surface area contributed by atoms with Crippen molar-refractivity contribution in [3.63, 3.8) is 0 Å². The van der Waals surface area contributed by atoms with Crippen LogP contribution in [0.1, 0.15) is 167 Å². The van der Waals surface area contributed by atoms with Crippen LogP contribution in [0.5, 0.6) is 0 Å². The first-order valence-corrected chi connectivity index (χ1v) is 31.9. The number of amides is 5. The highest BCUT2D eigenvalue weighted by Crippen LogP contribution is 2.28. The Bertz CT molecular complexity index is 3180. The largest absolute Gasteiger partial charge is 0.444 e. The summed E-state index contributed by atoms with van der Waals surface area (Å²) in [6.45, 7) is 6.91. The molecule has 20 nitrogen and oxygen atoms in total.